The molecule has 0 amide bonds. The van der Waals surface area contributed by atoms with Crippen molar-refractivity contribution in [1.82, 2.24) is 9.13 Å². The highest BCUT2D eigenvalue weighted by atomic mass is 32.1. The van der Waals surface area contributed by atoms with Gasteiger partial charge in [-0.15, -0.1) is 11.3 Å². The number of nitrogens with zero attached hydrogens (tertiary/aromatic N) is 2. The fourth-order valence-corrected chi connectivity index (χ4v) is 4.77. The molecule has 0 aliphatic rings. The average molecular weight is 421 g/mol. The van der Waals surface area contributed by atoms with E-state index in [1.54, 1.807) is 28.8 Å². The second-order valence-corrected chi connectivity index (χ2v) is 8.36. The van der Waals surface area contributed by atoms with Crippen molar-refractivity contribution in [2.24, 2.45) is 0 Å². The fourth-order valence-electron chi connectivity index (χ4n) is 3.94. The molecule has 0 radical (unpaired) electrons. The van der Waals surface area contributed by atoms with E-state index in [2.05, 4.69) is 32.9 Å². The first-order valence-electron chi connectivity index (χ1n) is 9.93. The van der Waals surface area contributed by atoms with Crippen LogP contribution < -0.4 is 16.0 Å². The zero-order valence-electron chi connectivity index (χ0n) is 17.6. The quantitative estimate of drug-likeness (QED) is 0.475. The van der Waals surface area contributed by atoms with Gasteiger partial charge in [-0.25, -0.2) is 9.36 Å². The van der Waals surface area contributed by atoms with Crippen LogP contribution in [0.1, 0.15) is 29.2 Å². The van der Waals surface area contributed by atoms with Crippen LogP contribution in [0, 0.1) is 20.8 Å². The van der Waals surface area contributed by atoms with E-state index < -0.39 is 0 Å². The standard InChI is InChI=1S/C24H24N2O3S/c1-5-29-19-8-6-18(7-9-19)26-23(27)22-21(10-11-30-22)25(24(26)28)14-20-16(3)12-15(2)13-17(20)4/h6-13H,5,14H2,1-4H3. The Bertz CT molecular complexity index is 1320. The van der Waals surface area contributed by atoms with Crippen molar-refractivity contribution >= 4 is 21.6 Å². The number of rotatable bonds is 5. The molecule has 5 nitrogen and oxygen atoms in total. The van der Waals surface area contributed by atoms with Gasteiger partial charge in [0, 0.05) is 0 Å². The summed E-state index contributed by atoms with van der Waals surface area (Å²) < 4.78 is 9.02. The zero-order valence-corrected chi connectivity index (χ0v) is 18.4. The molecule has 0 spiro atoms. The molecule has 2 aromatic carbocycles. The predicted octanol–water partition coefficient (Wildman–Crippen LogP) is 4.59. The molecule has 154 valence electrons. The SMILES string of the molecule is CCOc1ccc(-n2c(=O)c3sccc3n(Cc3c(C)cc(C)cc3C)c2=O)cc1. The minimum Gasteiger partial charge on any atom is -0.494 e. The minimum absolute atomic E-state index is 0.289. The summed E-state index contributed by atoms with van der Waals surface area (Å²) in [7, 11) is 0. The van der Waals surface area contributed by atoms with Gasteiger partial charge >= 0.3 is 5.69 Å². The maximum atomic E-state index is 13.5. The van der Waals surface area contributed by atoms with Gasteiger partial charge in [-0.2, -0.15) is 0 Å². The molecule has 0 saturated heterocycles. The number of aromatic nitrogens is 2. The monoisotopic (exact) mass is 420 g/mol. The van der Waals surface area contributed by atoms with E-state index in [0.717, 1.165) is 16.7 Å². The highest BCUT2D eigenvalue weighted by Crippen LogP contribution is 2.22. The third-order valence-corrected chi connectivity index (χ3v) is 6.21. The summed E-state index contributed by atoms with van der Waals surface area (Å²) in [5.74, 6) is 0.706. The van der Waals surface area contributed by atoms with Crippen LogP contribution in [0.3, 0.4) is 0 Å². The average Bonchev–Trinajstić information content (AvgIpc) is 3.18. The summed E-state index contributed by atoms with van der Waals surface area (Å²) in [6.45, 7) is 9.08. The Balaban J connectivity index is 1.92. The van der Waals surface area contributed by atoms with Crippen LogP contribution in [0.2, 0.25) is 0 Å². The first-order valence-corrected chi connectivity index (χ1v) is 10.8. The van der Waals surface area contributed by atoms with Gasteiger partial charge < -0.3 is 4.74 Å². The van der Waals surface area contributed by atoms with E-state index >= 15 is 0 Å². The van der Waals surface area contributed by atoms with Crippen molar-refractivity contribution in [3.05, 3.63) is 90.9 Å². The minimum atomic E-state index is -0.338. The molecule has 6 heteroatoms. The highest BCUT2D eigenvalue weighted by Gasteiger charge is 2.17. The van der Waals surface area contributed by atoms with E-state index in [1.807, 2.05) is 18.4 Å². The lowest BCUT2D eigenvalue weighted by molar-refractivity contribution is 0.340. The molecule has 0 aliphatic carbocycles. The lowest BCUT2D eigenvalue weighted by atomic mass is 10.00. The molecule has 2 heterocycles. The van der Waals surface area contributed by atoms with Crippen LogP contribution in [0.5, 0.6) is 5.75 Å². The normalized spacial score (nSPS) is 11.2. The van der Waals surface area contributed by atoms with E-state index in [1.165, 1.54) is 21.5 Å². The largest absolute Gasteiger partial charge is 0.494 e. The molecule has 0 aliphatic heterocycles. The second-order valence-electron chi connectivity index (χ2n) is 7.45. The Morgan fingerprint density at radius 2 is 1.63 bits per heavy atom. The van der Waals surface area contributed by atoms with Crippen LogP contribution in [0.4, 0.5) is 0 Å². The van der Waals surface area contributed by atoms with Crippen molar-refractivity contribution in [1.29, 1.82) is 0 Å². The molecule has 0 unspecified atom stereocenters. The van der Waals surface area contributed by atoms with Gasteiger partial charge in [0.1, 0.15) is 10.4 Å². The van der Waals surface area contributed by atoms with E-state index in [-0.39, 0.29) is 11.2 Å². The van der Waals surface area contributed by atoms with Crippen LogP contribution in [-0.2, 0) is 6.54 Å². The third kappa shape index (κ3) is 3.48. The number of fused-ring (bicyclic) bond motifs is 1. The lowest BCUT2D eigenvalue weighted by Crippen LogP contribution is -2.38. The highest BCUT2D eigenvalue weighted by molar-refractivity contribution is 7.17. The molecule has 0 saturated carbocycles. The molecule has 4 rings (SSSR count). The Labute approximate surface area is 178 Å². The molecule has 30 heavy (non-hydrogen) atoms. The Kier molecular flexibility index (Phi) is 5.35. The topological polar surface area (TPSA) is 53.2 Å². The first-order chi connectivity index (χ1) is 14.4. The summed E-state index contributed by atoms with van der Waals surface area (Å²) in [6, 6.07) is 13.2. The van der Waals surface area contributed by atoms with Gasteiger partial charge in [-0.1, -0.05) is 17.7 Å². The lowest BCUT2D eigenvalue weighted by Gasteiger charge is -2.16. The summed E-state index contributed by atoms with van der Waals surface area (Å²) in [6.07, 6.45) is 0. The number of benzene rings is 2. The van der Waals surface area contributed by atoms with Crippen molar-refractivity contribution in [2.75, 3.05) is 6.61 Å². The van der Waals surface area contributed by atoms with Gasteiger partial charge in [0.2, 0.25) is 0 Å². The van der Waals surface area contributed by atoms with Gasteiger partial charge in [-0.05, 0) is 80.1 Å². The number of hydrogen-bond donors (Lipinski definition) is 0. The number of hydrogen-bond acceptors (Lipinski definition) is 4. The van der Waals surface area contributed by atoms with Crippen LogP contribution in [-0.4, -0.2) is 15.7 Å². The van der Waals surface area contributed by atoms with Gasteiger partial charge in [0.25, 0.3) is 5.56 Å². The summed E-state index contributed by atoms with van der Waals surface area (Å²) in [5.41, 5.74) is 5.17. The Hall–Kier alpha value is -3.12. The number of thiophene rings is 1. The number of aryl methyl sites for hydroxylation is 3. The van der Waals surface area contributed by atoms with Crippen molar-refractivity contribution < 1.29 is 4.74 Å². The molecule has 0 bridgehead atoms. The fraction of sp³-hybridized carbons (Fsp3) is 0.250. The van der Waals surface area contributed by atoms with E-state index in [9.17, 15) is 9.59 Å². The molecule has 0 N–H and O–H groups in total. The maximum absolute atomic E-state index is 13.5. The van der Waals surface area contributed by atoms with Crippen LogP contribution in [0.15, 0.2) is 57.4 Å². The van der Waals surface area contributed by atoms with Crippen molar-refractivity contribution in [3.8, 4) is 11.4 Å². The number of ether oxygens (including phenoxy) is 1. The second kappa shape index (κ2) is 7.95. The van der Waals surface area contributed by atoms with Crippen LogP contribution in [0.25, 0.3) is 15.9 Å². The Morgan fingerprint density at radius 3 is 2.27 bits per heavy atom. The van der Waals surface area contributed by atoms with Gasteiger partial charge in [0.05, 0.1) is 24.4 Å². The van der Waals surface area contributed by atoms with Gasteiger partial charge in [-0.3, -0.25) is 9.36 Å². The first kappa shape index (κ1) is 20.2. The molecule has 4 aromatic rings. The molecule has 0 fully saturated rings. The van der Waals surface area contributed by atoms with E-state index in [4.69, 9.17) is 4.74 Å². The smallest absolute Gasteiger partial charge is 0.336 e. The van der Waals surface area contributed by atoms with Crippen molar-refractivity contribution in [3.63, 3.8) is 0 Å². The zero-order chi connectivity index (χ0) is 21.4. The summed E-state index contributed by atoms with van der Waals surface area (Å²) in [4.78, 5) is 26.6. The predicted molar refractivity (Wildman–Crippen MR) is 123 cm³/mol. The summed E-state index contributed by atoms with van der Waals surface area (Å²) >= 11 is 1.36. The third-order valence-electron chi connectivity index (χ3n) is 5.32. The Morgan fingerprint density at radius 1 is 0.967 bits per heavy atom. The van der Waals surface area contributed by atoms with Crippen molar-refractivity contribution in [2.45, 2.75) is 34.2 Å². The summed E-state index contributed by atoms with van der Waals surface area (Å²) in [5, 5.41) is 1.86. The molecule has 2 aromatic heterocycles. The van der Waals surface area contributed by atoms with E-state index in [0.29, 0.717) is 34.8 Å². The molecular weight excluding hydrogens is 396 g/mol. The van der Waals surface area contributed by atoms with Gasteiger partial charge in [0.15, 0.2) is 0 Å². The van der Waals surface area contributed by atoms with Crippen LogP contribution >= 0.6 is 11.3 Å². The molecular formula is C24H24N2O3S. The molecule has 0 atom stereocenters. The maximum Gasteiger partial charge on any atom is 0.336 e.